The second kappa shape index (κ2) is 8.31. The van der Waals surface area contributed by atoms with Crippen LogP contribution >= 0.6 is 11.8 Å². The van der Waals surface area contributed by atoms with E-state index < -0.39 is 0 Å². The van der Waals surface area contributed by atoms with Crippen LogP contribution < -0.4 is 5.32 Å². The summed E-state index contributed by atoms with van der Waals surface area (Å²) in [5.41, 5.74) is 4.04. The number of nitrogens with zero attached hydrogens (tertiary/aromatic N) is 4. The van der Waals surface area contributed by atoms with Crippen LogP contribution in [0.2, 0.25) is 0 Å². The molecule has 2 aromatic heterocycles. The van der Waals surface area contributed by atoms with Crippen LogP contribution in [0.25, 0.3) is 16.7 Å². The zero-order valence-corrected chi connectivity index (χ0v) is 16.4. The summed E-state index contributed by atoms with van der Waals surface area (Å²) in [7, 11) is 0. The Morgan fingerprint density at radius 2 is 1.93 bits per heavy atom. The number of benzene rings is 2. The topological polar surface area (TPSA) is 64.7 Å². The van der Waals surface area contributed by atoms with E-state index in [1.165, 1.54) is 11.8 Å². The molecule has 0 saturated carbocycles. The fourth-order valence-electron chi connectivity index (χ4n) is 3.14. The van der Waals surface area contributed by atoms with Crippen molar-refractivity contribution in [1.82, 2.24) is 24.6 Å². The molecule has 0 fully saturated rings. The Morgan fingerprint density at radius 3 is 2.75 bits per heavy atom. The number of imidazole rings is 1. The minimum absolute atomic E-state index is 0.0185. The summed E-state index contributed by atoms with van der Waals surface area (Å²) in [5, 5.41) is 8.15. The van der Waals surface area contributed by atoms with Crippen LogP contribution in [-0.4, -0.2) is 31.0 Å². The summed E-state index contributed by atoms with van der Waals surface area (Å²) in [6, 6.07) is 17.8. The third-order valence-electron chi connectivity index (χ3n) is 4.49. The van der Waals surface area contributed by atoms with E-state index in [2.05, 4.69) is 33.0 Å². The molecule has 4 aromatic rings. The quantitative estimate of drug-likeness (QED) is 0.489. The third-order valence-corrected chi connectivity index (χ3v) is 5.46. The van der Waals surface area contributed by atoms with Crippen molar-refractivity contribution in [2.45, 2.75) is 25.2 Å². The monoisotopic (exact) mass is 391 g/mol. The summed E-state index contributed by atoms with van der Waals surface area (Å²) < 4.78 is 3.94. The number of nitrogens with one attached hydrogen (secondary N) is 1. The average molecular weight is 392 g/mol. The summed E-state index contributed by atoms with van der Waals surface area (Å²) in [4.78, 5) is 17.1. The molecule has 7 heteroatoms. The number of fused-ring (bicyclic) bond motifs is 1. The molecule has 0 unspecified atom stereocenters. The molecule has 1 N–H and O–H groups in total. The number of para-hydroxylation sites is 3. The van der Waals surface area contributed by atoms with E-state index in [-0.39, 0.29) is 5.91 Å². The number of hydrogen-bond acceptors (Lipinski definition) is 4. The predicted octanol–water partition coefficient (Wildman–Crippen LogP) is 3.65. The lowest BCUT2D eigenvalue weighted by Gasteiger charge is -2.11. The molecular formula is C21H21N5OS. The first-order chi connectivity index (χ1) is 13.8. The lowest BCUT2D eigenvalue weighted by Crippen LogP contribution is -2.25. The first-order valence-corrected chi connectivity index (χ1v) is 10.2. The van der Waals surface area contributed by atoms with Crippen molar-refractivity contribution in [2.24, 2.45) is 0 Å². The van der Waals surface area contributed by atoms with Gasteiger partial charge in [0.2, 0.25) is 5.91 Å². The molecule has 0 aliphatic carbocycles. The van der Waals surface area contributed by atoms with Gasteiger partial charge in [0.05, 0.1) is 22.5 Å². The summed E-state index contributed by atoms with van der Waals surface area (Å²) in [5.74, 6) is 0.308. The molecule has 6 nitrogen and oxygen atoms in total. The normalized spacial score (nSPS) is 11.0. The van der Waals surface area contributed by atoms with E-state index in [0.29, 0.717) is 12.3 Å². The summed E-state index contributed by atoms with van der Waals surface area (Å²) >= 11 is 1.46. The summed E-state index contributed by atoms with van der Waals surface area (Å²) in [6.45, 7) is 3.37. The van der Waals surface area contributed by atoms with Crippen LogP contribution in [0.15, 0.2) is 72.1 Å². The standard InChI is InChI=1S/C21H21N5OS/c1-2-25-19-11-6-4-9-17(19)24-21(25)28-15-20(27)22-14-16-8-3-5-10-18(16)26-13-7-12-23-26/h3-13H,2,14-15H2,1H3,(H,22,27). The highest BCUT2D eigenvalue weighted by Crippen LogP contribution is 2.23. The zero-order chi connectivity index (χ0) is 19.3. The molecule has 1 amide bonds. The van der Waals surface area contributed by atoms with Crippen LogP contribution in [0, 0.1) is 0 Å². The molecule has 0 aliphatic heterocycles. The van der Waals surface area contributed by atoms with Crippen molar-refractivity contribution in [3.05, 3.63) is 72.6 Å². The van der Waals surface area contributed by atoms with Gasteiger partial charge in [-0.3, -0.25) is 4.79 Å². The zero-order valence-electron chi connectivity index (χ0n) is 15.6. The van der Waals surface area contributed by atoms with E-state index in [9.17, 15) is 4.79 Å². The Morgan fingerprint density at radius 1 is 1.11 bits per heavy atom. The van der Waals surface area contributed by atoms with Crippen molar-refractivity contribution in [1.29, 1.82) is 0 Å². The molecule has 0 atom stereocenters. The number of rotatable bonds is 7. The smallest absolute Gasteiger partial charge is 0.230 e. The van der Waals surface area contributed by atoms with Crippen molar-refractivity contribution in [3.63, 3.8) is 0 Å². The van der Waals surface area contributed by atoms with E-state index in [0.717, 1.165) is 34.0 Å². The highest BCUT2D eigenvalue weighted by molar-refractivity contribution is 7.99. The fourth-order valence-corrected chi connectivity index (χ4v) is 4.05. The van der Waals surface area contributed by atoms with E-state index in [1.807, 2.05) is 54.7 Å². The van der Waals surface area contributed by atoms with Crippen LogP contribution in [-0.2, 0) is 17.9 Å². The SMILES string of the molecule is CCn1c(SCC(=O)NCc2ccccc2-n2cccn2)nc2ccccc21. The minimum Gasteiger partial charge on any atom is -0.351 e. The van der Waals surface area contributed by atoms with E-state index >= 15 is 0 Å². The van der Waals surface area contributed by atoms with Crippen molar-refractivity contribution in [3.8, 4) is 5.69 Å². The fraction of sp³-hybridized carbons (Fsp3) is 0.190. The molecule has 2 heterocycles. The number of amides is 1. The van der Waals surface area contributed by atoms with Crippen molar-refractivity contribution in [2.75, 3.05) is 5.75 Å². The van der Waals surface area contributed by atoms with Crippen LogP contribution in [0.4, 0.5) is 0 Å². The number of aromatic nitrogens is 4. The van der Waals surface area contributed by atoms with Crippen LogP contribution in [0.5, 0.6) is 0 Å². The van der Waals surface area contributed by atoms with Gasteiger partial charge in [-0.15, -0.1) is 0 Å². The first kappa shape index (κ1) is 18.3. The predicted molar refractivity (Wildman–Crippen MR) is 112 cm³/mol. The maximum atomic E-state index is 12.4. The van der Waals surface area contributed by atoms with Gasteiger partial charge >= 0.3 is 0 Å². The Hall–Kier alpha value is -3.06. The maximum absolute atomic E-state index is 12.4. The molecule has 4 rings (SSSR count). The lowest BCUT2D eigenvalue weighted by atomic mass is 10.2. The van der Waals surface area contributed by atoms with Gasteiger partial charge in [-0.2, -0.15) is 5.10 Å². The van der Waals surface area contributed by atoms with Gasteiger partial charge in [-0.25, -0.2) is 9.67 Å². The highest BCUT2D eigenvalue weighted by atomic mass is 32.2. The Bertz CT molecular complexity index is 1090. The second-order valence-electron chi connectivity index (χ2n) is 6.27. The molecule has 0 aliphatic rings. The molecule has 0 radical (unpaired) electrons. The number of thioether (sulfide) groups is 1. The van der Waals surface area contributed by atoms with Gasteiger partial charge in [0.15, 0.2) is 5.16 Å². The molecule has 0 spiro atoms. The molecular weight excluding hydrogens is 370 g/mol. The molecule has 0 saturated heterocycles. The molecule has 2 aromatic carbocycles. The number of hydrogen-bond donors (Lipinski definition) is 1. The largest absolute Gasteiger partial charge is 0.351 e. The van der Waals surface area contributed by atoms with Crippen LogP contribution in [0.1, 0.15) is 12.5 Å². The van der Waals surface area contributed by atoms with Crippen molar-refractivity contribution < 1.29 is 4.79 Å². The van der Waals surface area contributed by atoms with Gasteiger partial charge < -0.3 is 9.88 Å². The van der Waals surface area contributed by atoms with Crippen molar-refractivity contribution >= 4 is 28.7 Å². The van der Waals surface area contributed by atoms with Gasteiger partial charge in [-0.05, 0) is 36.8 Å². The Balaban J connectivity index is 1.40. The lowest BCUT2D eigenvalue weighted by molar-refractivity contribution is -0.118. The number of aryl methyl sites for hydroxylation is 1. The number of carbonyl (C=O) groups is 1. The molecule has 142 valence electrons. The molecule has 0 bridgehead atoms. The first-order valence-electron chi connectivity index (χ1n) is 9.19. The third kappa shape index (κ3) is 3.80. The number of carbonyl (C=O) groups excluding carboxylic acids is 1. The molecule has 28 heavy (non-hydrogen) atoms. The van der Waals surface area contributed by atoms with Gasteiger partial charge in [0, 0.05) is 25.5 Å². The van der Waals surface area contributed by atoms with E-state index in [1.54, 1.807) is 10.9 Å². The van der Waals surface area contributed by atoms with E-state index in [4.69, 9.17) is 0 Å². The average Bonchev–Trinajstić information content (AvgIpc) is 3.38. The second-order valence-corrected chi connectivity index (χ2v) is 7.21. The van der Waals surface area contributed by atoms with Gasteiger partial charge in [-0.1, -0.05) is 42.1 Å². The van der Waals surface area contributed by atoms with Gasteiger partial charge in [0.1, 0.15) is 0 Å². The van der Waals surface area contributed by atoms with Crippen LogP contribution in [0.3, 0.4) is 0 Å². The Labute approximate surface area is 167 Å². The summed E-state index contributed by atoms with van der Waals surface area (Å²) in [6.07, 6.45) is 3.64. The maximum Gasteiger partial charge on any atom is 0.230 e. The highest BCUT2D eigenvalue weighted by Gasteiger charge is 2.12. The van der Waals surface area contributed by atoms with Gasteiger partial charge in [0.25, 0.3) is 0 Å². The minimum atomic E-state index is -0.0185. The Kier molecular flexibility index (Phi) is 5.43.